The molecular weight excluding hydrogens is 350 g/mol. The highest BCUT2D eigenvalue weighted by Gasteiger charge is 2.42. The smallest absolute Gasteiger partial charge is 0.409 e. The van der Waals surface area contributed by atoms with Crippen molar-refractivity contribution in [3.8, 4) is 12.3 Å². The molecule has 2 unspecified atom stereocenters. The summed E-state index contributed by atoms with van der Waals surface area (Å²) < 4.78 is 14.3. The van der Waals surface area contributed by atoms with Gasteiger partial charge in [-0.1, -0.05) is 0 Å². The molecule has 0 saturated heterocycles. The van der Waals surface area contributed by atoms with Crippen LogP contribution in [-0.2, 0) is 23.8 Å². The zero-order valence-corrected chi connectivity index (χ0v) is 18.1. The molecule has 0 aromatic heterocycles. The van der Waals surface area contributed by atoms with Gasteiger partial charge in [0, 0.05) is 20.0 Å². The van der Waals surface area contributed by atoms with E-state index in [0.717, 1.165) is 6.42 Å². The Bertz CT molecular complexity index is 508. The summed E-state index contributed by atoms with van der Waals surface area (Å²) in [5.74, 6) is 2.55. The van der Waals surface area contributed by atoms with Crippen molar-refractivity contribution in [2.75, 3.05) is 20.7 Å². The molecule has 0 spiro atoms. The van der Waals surface area contributed by atoms with Crippen molar-refractivity contribution < 1.29 is 28.6 Å². The molecule has 1 aliphatic rings. The first kappa shape index (κ1) is 27.0. The van der Waals surface area contributed by atoms with Gasteiger partial charge in [0.2, 0.25) is 0 Å². The maximum absolute atomic E-state index is 10.9. The summed E-state index contributed by atoms with van der Waals surface area (Å²) >= 11 is 0. The average Bonchev–Trinajstić information content (AvgIpc) is 3.25. The fraction of sp³-hybridized carbons (Fsp3) is 0.750. The second-order valence-electron chi connectivity index (χ2n) is 8.07. The van der Waals surface area contributed by atoms with Crippen LogP contribution in [0.15, 0.2) is 0 Å². The van der Waals surface area contributed by atoms with Crippen LogP contribution < -0.4 is 0 Å². The Morgan fingerprint density at radius 1 is 1.15 bits per heavy atom. The summed E-state index contributed by atoms with van der Waals surface area (Å²) in [7, 11) is 3.32. The number of esters is 1. The van der Waals surface area contributed by atoms with Crippen molar-refractivity contribution in [3.05, 3.63) is 0 Å². The van der Waals surface area contributed by atoms with Crippen molar-refractivity contribution >= 4 is 18.5 Å². The molecule has 1 amide bonds. The summed E-state index contributed by atoms with van der Waals surface area (Å²) in [4.78, 5) is 32.7. The average molecular weight is 386 g/mol. The highest BCUT2D eigenvalue weighted by atomic mass is 16.6. The molecule has 0 aromatic carbocycles. The van der Waals surface area contributed by atoms with Crippen LogP contribution in [-0.4, -0.2) is 55.3 Å². The van der Waals surface area contributed by atoms with Gasteiger partial charge in [0.05, 0.1) is 12.5 Å². The van der Waals surface area contributed by atoms with Crippen molar-refractivity contribution in [2.24, 2.45) is 11.8 Å². The molecule has 0 N–H and O–H groups in total. The number of amides is 1. The van der Waals surface area contributed by atoms with E-state index in [1.165, 1.54) is 4.90 Å². The number of ether oxygens (including phenoxy) is 3. The highest BCUT2D eigenvalue weighted by Crippen LogP contribution is 2.38. The number of carbonyl (C=O) groups is 3. The van der Waals surface area contributed by atoms with Crippen molar-refractivity contribution in [2.45, 2.75) is 66.1 Å². The second-order valence-corrected chi connectivity index (χ2v) is 8.07. The van der Waals surface area contributed by atoms with Gasteiger partial charge in [0.25, 0.3) is 6.47 Å². The van der Waals surface area contributed by atoms with E-state index < -0.39 is 0 Å². The van der Waals surface area contributed by atoms with E-state index in [1.807, 2.05) is 41.5 Å². The quantitative estimate of drug-likeness (QED) is 0.321. The fourth-order valence-electron chi connectivity index (χ4n) is 1.39. The van der Waals surface area contributed by atoms with Crippen LogP contribution in [0.25, 0.3) is 0 Å². The number of terminal acetylenes is 1. The van der Waals surface area contributed by atoms with E-state index in [0.29, 0.717) is 13.1 Å². The molecule has 7 nitrogen and oxygen atoms in total. The van der Waals surface area contributed by atoms with E-state index in [9.17, 15) is 14.4 Å². The summed E-state index contributed by atoms with van der Waals surface area (Å²) in [5.41, 5.74) is -0.705. The SMILES string of the molecule is C#CC1CC1C(=O)OCC.CC(C)(C)OC=O.CN(C)C(=O)OC(C)(C)C. The molecular formula is C20H35NO6. The fourth-order valence-corrected chi connectivity index (χ4v) is 1.39. The van der Waals surface area contributed by atoms with Gasteiger partial charge in [-0.2, -0.15) is 0 Å². The molecule has 156 valence electrons. The van der Waals surface area contributed by atoms with Crippen LogP contribution >= 0.6 is 0 Å². The van der Waals surface area contributed by atoms with Crippen LogP contribution in [0, 0.1) is 24.2 Å². The van der Waals surface area contributed by atoms with Gasteiger partial charge in [-0.05, 0) is 54.9 Å². The minimum atomic E-state index is -0.388. The summed E-state index contributed by atoms with van der Waals surface area (Å²) in [6, 6.07) is 0. The molecule has 0 bridgehead atoms. The van der Waals surface area contributed by atoms with E-state index in [1.54, 1.807) is 21.0 Å². The van der Waals surface area contributed by atoms with Crippen molar-refractivity contribution in [3.63, 3.8) is 0 Å². The Labute approximate surface area is 163 Å². The zero-order valence-electron chi connectivity index (χ0n) is 18.1. The second kappa shape index (κ2) is 12.2. The predicted molar refractivity (Wildman–Crippen MR) is 104 cm³/mol. The minimum Gasteiger partial charge on any atom is -0.466 e. The third-order valence-electron chi connectivity index (χ3n) is 2.75. The number of nitrogens with zero attached hydrogens (tertiary/aromatic N) is 1. The van der Waals surface area contributed by atoms with Crippen LogP contribution in [0.5, 0.6) is 0 Å². The Morgan fingerprint density at radius 2 is 1.67 bits per heavy atom. The van der Waals surface area contributed by atoms with Crippen molar-refractivity contribution in [1.29, 1.82) is 0 Å². The minimum absolute atomic E-state index is 0.00458. The molecule has 1 saturated carbocycles. The zero-order chi connectivity index (χ0) is 21.8. The summed E-state index contributed by atoms with van der Waals surface area (Å²) in [6.07, 6.45) is 5.62. The van der Waals surface area contributed by atoms with Gasteiger partial charge in [-0.15, -0.1) is 12.3 Å². The molecule has 0 aliphatic heterocycles. The van der Waals surface area contributed by atoms with Crippen LogP contribution in [0.4, 0.5) is 4.79 Å². The molecule has 27 heavy (non-hydrogen) atoms. The molecule has 7 heteroatoms. The molecule has 1 rings (SSSR count). The van der Waals surface area contributed by atoms with Gasteiger partial charge >= 0.3 is 12.1 Å². The normalized spacial score (nSPS) is 17.5. The van der Waals surface area contributed by atoms with Crippen LogP contribution in [0.2, 0.25) is 0 Å². The van der Waals surface area contributed by atoms with Crippen LogP contribution in [0.1, 0.15) is 54.9 Å². The Hall–Kier alpha value is -2.23. The maximum atomic E-state index is 10.9. The molecule has 2 atom stereocenters. The standard InChI is InChI=1S/C8H10O2.C7H15NO2.C5H10O2/c1-3-6-5-7(6)8(9)10-4-2;1-7(2,3)10-6(9)8(4)5;1-5(2,3)7-4-6/h1,6-7H,4-5H2,2H3;1-5H3;4H,1-3H3. The number of carbonyl (C=O) groups excluding carboxylic acids is 3. The summed E-state index contributed by atoms with van der Waals surface area (Å²) in [6.45, 7) is 13.7. The third-order valence-corrected chi connectivity index (χ3v) is 2.75. The van der Waals surface area contributed by atoms with Crippen LogP contribution in [0.3, 0.4) is 0 Å². The molecule has 1 aliphatic carbocycles. The largest absolute Gasteiger partial charge is 0.466 e. The lowest BCUT2D eigenvalue weighted by molar-refractivity contribution is -0.145. The number of hydrogen-bond acceptors (Lipinski definition) is 6. The van der Waals surface area contributed by atoms with E-state index in [2.05, 4.69) is 10.7 Å². The first-order valence-electron chi connectivity index (χ1n) is 8.83. The number of hydrogen-bond donors (Lipinski definition) is 0. The maximum Gasteiger partial charge on any atom is 0.409 e. The van der Waals surface area contributed by atoms with Gasteiger partial charge < -0.3 is 19.1 Å². The van der Waals surface area contributed by atoms with E-state index in [4.69, 9.17) is 15.9 Å². The van der Waals surface area contributed by atoms with E-state index in [-0.39, 0.29) is 35.1 Å². The van der Waals surface area contributed by atoms with Gasteiger partial charge in [0.15, 0.2) is 0 Å². The van der Waals surface area contributed by atoms with E-state index >= 15 is 0 Å². The predicted octanol–water partition coefficient (Wildman–Crippen LogP) is 3.26. The Kier molecular flexibility index (Phi) is 12.2. The lowest BCUT2D eigenvalue weighted by Gasteiger charge is -2.22. The van der Waals surface area contributed by atoms with Gasteiger partial charge in [-0.3, -0.25) is 9.59 Å². The third kappa shape index (κ3) is 17.0. The highest BCUT2D eigenvalue weighted by molar-refractivity contribution is 5.76. The topological polar surface area (TPSA) is 82.1 Å². The van der Waals surface area contributed by atoms with Crippen molar-refractivity contribution in [1.82, 2.24) is 4.90 Å². The molecule has 0 heterocycles. The first-order chi connectivity index (χ1) is 12.2. The molecule has 0 radical (unpaired) electrons. The number of rotatable bonds is 3. The van der Waals surface area contributed by atoms with Gasteiger partial charge in [0.1, 0.15) is 11.2 Å². The first-order valence-corrected chi connectivity index (χ1v) is 8.83. The Morgan fingerprint density at radius 3 is 1.85 bits per heavy atom. The Balaban J connectivity index is 0. The molecule has 0 aromatic rings. The van der Waals surface area contributed by atoms with Gasteiger partial charge in [-0.25, -0.2) is 4.79 Å². The lowest BCUT2D eigenvalue weighted by atomic mass is 10.2. The molecule has 1 fully saturated rings. The lowest BCUT2D eigenvalue weighted by Crippen LogP contribution is -2.31. The monoisotopic (exact) mass is 385 g/mol. The summed E-state index contributed by atoms with van der Waals surface area (Å²) in [5, 5.41) is 0.